The first kappa shape index (κ1) is 14.7. The Balaban J connectivity index is 2.17. The van der Waals surface area contributed by atoms with E-state index in [0.29, 0.717) is 5.82 Å². The standard InChI is InChI=1S/C16H23N3O/c1-4-6-8-11-16(3,5-2)15-18-14(19-20-15)13-10-7-9-12-17-13/h7,9-10,12H,4-6,8,11H2,1-3H3. The number of nitrogens with zero attached hydrogens (tertiary/aromatic N) is 3. The van der Waals surface area contributed by atoms with Crippen LogP contribution < -0.4 is 0 Å². The molecule has 0 N–H and O–H groups in total. The third-order valence-corrected chi connectivity index (χ3v) is 3.95. The minimum Gasteiger partial charge on any atom is -0.338 e. The van der Waals surface area contributed by atoms with E-state index in [0.717, 1.165) is 24.4 Å². The molecule has 4 nitrogen and oxygen atoms in total. The maximum atomic E-state index is 5.50. The molecule has 0 fully saturated rings. The lowest BCUT2D eigenvalue weighted by Gasteiger charge is -2.23. The summed E-state index contributed by atoms with van der Waals surface area (Å²) in [5.41, 5.74) is 0.726. The predicted molar refractivity (Wildman–Crippen MR) is 79.3 cm³/mol. The fourth-order valence-electron chi connectivity index (χ4n) is 2.27. The summed E-state index contributed by atoms with van der Waals surface area (Å²) in [6.45, 7) is 6.60. The van der Waals surface area contributed by atoms with Gasteiger partial charge < -0.3 is 4.52 Å². The lowest BCUT2D eigenvalue weighted by Crippen LogP contribution is -2.21. The molecule has 108 valence electrons. The smallest absolute Gasteiger partial charge is 0.232 e. The number of hydrogen-bond acceptors (Lipinski definition) is 4. The second kappa shape index (κ2) is 6.64. The van der Waals surface area contributed by atoms with Gasteiger partial charge in [0.05, 0.1) is 0 Å². The Bertz CT molecular complexity index is 524. The van der Waals surface area contributed by atoms with Crippen LogP contribution in [0.4, 0.5) is 0 Å². The molecular formula is C16H23N3O. The Hall–Kier alpha value is -1.71. The van der Waals surface area contributed by atoms with E-state index in [2.05, 4.69) is 35.9 Å². The fraction of sp³-hybridized carbons (Fsp3) is 0.562. The lowest BCUT2D eigenvalue weighted by atomic mass is 9.82. The molecule has 0 saturated heterocycles. The molecule has 0 aliphatic heterocycles. The van der Waals surface area contributed by atoms with Crippen molar-refractivity contribution in [3.63, 3.8) is 0 Å². The number of pyridine rings is 1. The summed E-state index contributed by atoms with van der Waals surface area (Å²) < 4.78 is 5.50. The topological polar surface area (TPSA) is 51.8 Å². The van der Waals surface area contributed by atoms with Crippen molar-refractivity contribution in [2.45, 2.75) is 58.3 Å². The van der Waals surface area contributed by atoms with Crippen molar-refractivity contribution in [3.8, 4) is 11.5 Å². The number of hydrogen-bond donors (Lipinski definition) is 0. The third-order valence-electron chi connectivity index (χ3n) is 3.95. The van der Waals surface area contributed by atoms with E-state index in [9.17, 15) is 0 Å². The second-order valence-electron chi connectivity index (χ2n) is 5.51. The summed E-state index contributed by atoms with van der Waals surface area (Å²) in [6, 6.07) is 5.71. The molecular weight excluding hydrogens is 250 g/mol. The van der Waals surface area contributed by atoms with Crippen LogP contribution in [-0.4, -0.2) is 15.1 Å². The highest BCUT2D eigenvalue weighted by Crippen LogP contribution is 2.32. The van der Waals surface area contributed by atoms with E-state index < -0.39 is 0 Å². The largest absolute Gasteiger partial charge is 0.338 e. The summed E-state index contributed by atoms with van der Waals surface area (Å²) >= 11 is 0. The van der Waals surface area contributed by atoms with E-state index in [1.54, 1.807) is 6.20 Å². The molecule has 0 aliphatic rings. The van der Waals surface area contributed by atoms with E-state index in [4.69, 9.17) is 4.52 Å². The van der Waals surface area contributed by atoms with Crippen LogP contribution in [0.15, 0.2) is 28.9 Å². The number of unbranched alkanes of at least 4 members (excludes halogenated alkanes) is 2. The van der Waals surface area contributed by atoms with Crippen LogP contribution in [0.3, 0.4) is 0 Å². The van der Waals surface area contributed by atoms with Crippen molar-refractivity contribution in [1.82, 2.24) is 15.1 Å². The number of aromatic nitrogens is 3. The van der Waals surface area contributed by atoms with Gasteiger partial charge in [-0.3, -0.25) is 4.98 Å². The van der Waals surface area contributed by atoms with Gasteiger partial charge in [-0.1, -0.05) is 51.3 Å². The van der Waals surface area contributed by atoms with Gasteiger partial charge in [0, 0.05) is 11.6 Å². The fourth-order valence-corrected chi connectivity index (χ4v) is 2.27. The Morgan fingerprint density at radius 2 is 2.05 bits per heavy atom. The van der Waals surface area contributed by atoms with Crippen LogP contribution in [0.5, 0.6) is 0 Å². The molecule has 0 aliphatic carbocycles. The Morgan fingerprint density at radius 1 is 1.20 bits per heavy atom. The van der Waals surface area contributed by atoms with Crippen LogP contribution >= 0.6 is 0 Å². The van der Waals surface area contributed by atoms with Crippen LogP contribution in [0.25, 0.3) is 11.5 Å². The summed E-state index contributed by atoms with van der Waals surface area (Å²) in [5.74, 6) is 1.31. The summed E-state index contributed by atoms with van der Waals surface area (Å²) in [6.07, 6.45) is 7.50. The molecule has 2 rings (SSSR count). The third kappa shape index (κ3) is 3.24. The quantitative estimate of drug-likeness (QED) is 0.702. The Morgan fingerprint density at radius 3 is 2.70 bits per heavy atom. The van der Waals surface area contributed by atoms with Crippen LogP contribution in [-0.2, 0) is 5.41 Å². The summed E-state index contributed by atoms with van der Waals surface area (Å²) in [7, 11) is 0. The molecule has 0 radical (unpaired) electrons. The molecule has 2 aromatic rings. The molecule has 0 amide bonds. The molecule has 2 aromatic heterocycles. The second-order valence-corrected chi connectivity index (χ2v) is 5.51. The highest BCUT2D eigenvalue weighted by molar-refractivity contribution is 5.47. The highest BCUT2D eigenvalue weighted by Gasteiger charge is 2.30. The summed E-state index contributed by atoms with van der Waals surface area (Å²) in [4.78, 5) is 8.82. The van der Waals surface area contributed by atoms with E-state index in [-0.39, 0.29) is 5.41 Å². The molecule has 0 bridgehead atoms. The highest BCUT2D eigenvalue weighted by atomic mass is 16.5. The molecule has 1 unspecified atom stereocenters. The monoisotopic (exact) mass is 273 g/mol. The van der Waals surface area contributed by atoms with Crippen molar-refractivity contribution >= 4 is 0 Å². The molecule has 4 heteroatoms. The molecule has 20 heavy (non-hydrogen) atoms. The lowest BCUT2D eigenvalue weighted by molar-refractivity contribution is 0.267. The SMILES string of the molecule is CCCCCC(C)(CC)c1nc(-c2ccccn2)no1. The zero-order valence-corrected chi connectivity index (χ0v) is 12.6. The van der Waals surface area contributed by atoms with Crippen LogP contribution in [0.1, 0.15) is 58.8 Å². The maximum Gasteiger partial charge on any atom is 0.232 e. The zero-order valence-electron chi connectivity index (χ0n) is 12.6. The zero-order chi connectivity index (χ0) is 14.4. The Labute approximate surface area is 120 Å². The first-order chi connectivity index (χ1) is 9.69. The molecule has 0 aromatic carbocycles. The molecule has 2 heterocycles. The Kier molecular flexibility index (Phi) is 4.88. The van der Waals surface area contributed by atoms with E-state index in [1.165, 1.54) is 19.3 Å². The van der Waals surface area contributed by atoms with Gasteiger partial charge in [0.25, 0.3) is 0 Å². The normalized spacial score (nSPS) is 14.2. The van der Waals surface area contributed by atoms with Gasteiger partial charge in [-0.2, -0.15) is 4.98 Å². The first-order valence-corrected chi connectivity index (χ1v) is 7.45. The van der Waals surface area contributed by atoms with Gasteiger partial charge in [-0.25, -0.2) is 0 Å². The van der Waals surface area contributed by atoms with Crippen molar-refractivity contribution < 1.29 is 4.52 Å². The maximum absolute atomic E-state index is 5.50. The van der Waals surface area contributed by atoms with Gasteiger partial charge in [0.2, 0.25) is 11.7 Å². The minimum atomic E-state index is -0.0325. The van der Waals surface area contributed by atoms with E-state index >= 15 is 0 Å². The van der Waals surface area contributed by atoms with Gasteiger partial charge in [-0.05, 0) is 25.0 Å². The van der Waals surface area contributed by atoms with Crippen molar-refractivity contribution in [2.75, 3.05) is 0 Å². The average Bonchev–Trinajstić information content (AvgIpc) is 2.99. The van der Waals surface area contributed by atoms with Crippen LogP contribution in [0, 0.1) is 0 Å². The van der Waals surface area contributed by atoms with Gasteiger partial charge in [-0.15, -0.1) is 0 Å². The van der Waals surface area contributed by atoms with Gasteiger partial charge in [0.15, 0.2) is 0 Å². The van der Waals surface area contributed by atoms with Gasteiger partial charge in [0.1, 0.15) is 5.69 Å². The van der Waals surface area contributed by atoms with Crippen molar-refractivity contribution in [2.24, 2.45) is 0 Å². The van der Waals surface area contributed by atoms with Crippen molar-refractivity contribution in [1.29, 1.82) is 0 Å². The molecule has 0 spiro atoms. The van der Waals surface area contributed by atoms with E-state index in [1.807, 2.05) is 18.2 Å². The van der Waals surface area contributed by atoms with Crippen LogP contribution in [0.2, 0.25) is 0 Å². The predicted octanol–water partition coefficient (Wildman–Crippen LogP) is 4.38. The van der Waals surface area contributed by atoms with Gasteiger partial charge >= 0.3 is 0 Å². The number of rotatable bonds is 7. The van der Waals surface area contributed by atoms with Crippen molar-refractivity contribution in [3.05, 3.63) is 30.3 Å². The molecule has 0 saturated carbocycles. The molecule has 1 atom stereocenters. The average molecular weight is 273 g/mol. The first-order valence-electron chi connectivity index (χ1n) is 7.45. The summed E-state index contributed by atoms with van der Waals surface area (Å²) in [5, 5.41) is 4.08. The minimum absolute atomic E-state index is 0.0325.